The number of hydrogen-bond donors (Lipinski definition) is 1. The summed E-state index contributed by atoms with van der Waals surface area (Å²) in [5, 5.41) is 7.60. The molecular weight excluding hydrogens is 442 g/mol. The summed E-state index contributed by atoms with van der Waals surface area (Å²) >= 11 is 0. The third-order valence-corrected chi connectivity index (χ3v) is 6.70. The number of aromatic nitrogens is 2. The number of nitrogens with zero attached hydrogens (tertiary/aromatic N) is 4. The molecule has 0 spiro atoms. The van der Waals surface area contributed by atoms with Crippen LogP contribution in [0.2, 0.25) is 0 Å². The summed E-state index contributed by atoms with van der Waals surface area (Å²) in [5.41, 5.74) is 4.08. The molecule has 3 amide bonds. The van der Waals surface area contributed by atoms with Gasteiger partial charge in [-0.2, -0.15) is 5.10 Å². The van der Waals surface area contributed by atoms with Gasteiger partial charge in [-0.05, 0) is 24.1 Å². The quantitative estimate of drug-likeness (QED) is 0.619. The molecule has 8 nitrogen and oxygen atoms in total. The molecule has 8 heteroatoms. The molecule has 0 atom stereocenters. The number of carbonyl (C=O) groups excluding carboxylic acids is 3. The number of rotatable bonds is 5. The standard InChI is InChI=1S/C27H29N5O3/c33-24-13-16-30(18-14-28-24)27(35)25-22-19-31(26(34)21-9-5-2-6-10-21)15-12-23(22)32(29-25)17-11-20-7-3-1-4-8-20/h1-10H,11-19H2,(H,28,33). The molecule has 2 aliphatic rings. The van der Waals surface area contributed by atoms with E-state index < -0.39 is 0 Å². The number of nitrogens with one attached hydrogen (secondary N) is 1. The molecule has 0 saturated carbocycles. The first-order valence-corrected chi connectivity index (χ1v) is 12.1. The second-order valence-electron chi connectivity index (χ2n) is 8.97. The summed E-state index contributed by atoms with van der Waals surface area (Å²) in [5.74, 6) is -0.267. The SMILES string of the molecule is O=C1CCN(C(=O)c2nn(CCc3ccccc3)c3c2CN(C(=O)c2ccccc2)CC3)CCN1. The molecule has 3 heterocycles. The predicted molar refractivity (Wildman–Crippen MR) is 131 cm³/mol. The lowest BCUT2D eigenvalue weighted by molar-refractivity contribution is -0.120. The van der Waals surface area contributed by atoms with Gasteiger partial charge in [0.25, 0.3) is 11.8 Å². The minimum absolute atomic E-state index is 0.0451. The van der Waals surface area contributed by atoms with E-state index in [0.29, 0.717) is 56.9 Å². The van der Waals surface area contributed by atoms with Crippen molar-refractivity contribution in [1.82, 2.24) is 24.9 Å². The second kappa shape index (κ2) is 10.1. The fraction of sp³-hybridized carbons (Fsp3) is 0.333. The number of fused-ring (bicyclic) bond motifs is 1. The summed E-state index contributed by atoms with van der Waals surface area (Å²) in [6.45, 7) is 2.83. The van der Waals surface area contributed by atoms with Gasteiger partial charge in [-0.3, -0.25) is 19.1 Å². The minimum atomic E-state index is -0.176. The van der Waals surface area contributed by atoms with Crippen LogP contribution < -0.4 is 5.32 Å². The zero-order valence-electron chi connectivity index (χ0n) is 19.7. The van der Waals surface area contributed by atoms with Crippen LogP contribution in [0.25, 0.3) is 0 Å². The molecule has 3 aromatic rings. The van der Waals surface area contributed by atoms with E-state index in [1.54, 1.807) is 9.80 Å². The van der Waals surface area contributed by atoms with E-state index in [9.17, 15) is 14.4 Å². The third kappa shape index (κ3) is 4.96. The fourth-order valence-corrected chi connectivity index (χ4v) is 4.78. The van der Waals surface area contributed by atoms with Crippen LogP contribution in [-0.2, 0) is 30.7 Å². The molecule has 1 fully saturated rings. The Bertz CT molecular complexity index is 1220. The van der Waals surface area contributed by atoms with Crippen LogP contribution in [0, 0.1) is 0 Å². The van der Waals surface area contributed by atoms with Crippen molar-refractivity contribution < 1.29 is 14.4 Å². The van der Waals surface area contributed by atoms with Gasteiger partial charge in [0.2, 0.25) is 5.91 Å². The molecule has 35 heavy (non-hydrogen) atoms. The molecule has 0 radical (unpaired) electrons. The van der Waals surface area contributed by atoms with Crippen molar-refractivity contribution in [2.75, 3.05) is 26.2 Å². The number of aryl methyl sites for hydroxylation is 2. The van der Waals surface area contributed by atoms with Gasteiger partial charge < -0.3 is 15.1 Å². The van der Waals surface area contributed by atoms with Crippen molar-refractivity contribution in [3.8, 4) is 0 Å². The van der Waals surface area contributed by atoms with E-state index in [0.717, 1.165) is 17.7 Å². The Balaban J connectivity index is 1.43. The van der Waals surface area contributed by atoms with Gasteiger partial charge in [-0.25, -0.2) is 0 Å². The van der Waals surface area contributed by atoms with Gasteiger partial charge in [0.1, 0.15) is 0 Å². The molecule has 1 aromatic heterocycles. The molecule has 0 bridgehead atoms. The highest BCUT2D eigenvalue weighted by molar-refractivity contribution is 5.96. The number of benzene rings is 2. The Hall–Kier alpha value is -3.94. The molecule has 2 aliphatic heterocycles. The van der Waals surface area contributed by atoms with Crippen LogP contribution in [0.3, 0.4) is 0 Å². The summed E-state index contributed by atoms with van der Waals surface area (Å²) in [6, 6.07) is 19.4. The van der Waals surface area contributed by atoms with Crippen molar-refractivity contribution in [1.29, 1.82) is 0 Å². The lowest BCUT2D eigenvalue weighted by Gasteiger charge is -2.28. The van der Waals surface area contributed by atoms with Crippen molar-refractivity contribution in [3.05, 3.63) is 88.7 Å². The van der Waals surface area contributed by atoms with Crippen LogP contribution >= 0.6 is 0 Å². The van der Waals surface area contributed by atoms with E-state index in [2.05, 4.69) is 17.4 Å². The van der Waals surface area contributed by atoms with Gasteiger partial charge in [-0.15, -0.1) is 0 Å². The summed E-state index contributed by atoms with van der Waals surface area (Å²) in [4.78, 5) is 42.0. The van der Waals surface area contributed by atoms with E-state index in [-0.39, 0.29) is 24.1 Å². The van der Waals surface area contributed by atoms with Gasteiger partial charge in [0, 0.05) is 62.4 Å². The highest BCUT2D eigenvalue weighted by atomic mass is 16.2. The Morgan fingerprint density at radius 3 is 2.34 bits per heavy atom. The molecule has 1 saturated heterocycles. The van der Waals surface area contributed by atoms with Crippen LogP contribution in [0.15, 0.2) is 60.7 Å². The minimum Gasteiger partial charge on any atom is -0.354 e. The van der Waals surface area contributed by atoms with Crippen molar-refractivity contribution in [2.24, 2.45) is 0 Å². The molecule has 180 valence electrons. The van der Waals surface area contributed by atoms with Gasteiger partial charge in [0.15, 0.2) is 5.69 Å². The summed E-state index contributed by atoms with van der Waals surface area (Å²) < 4.78 is 1.95. The van der Waals surface area contributed by atoms with Crippen LogP contribution in [-0.4, -0.2) is 63.5 Å². The van der Waals surface area contributed by atoms with Gasteiger partial charge in [0.05, 0.1) is 6.54 Å². The van der Waals surface area contributed by atoms with Gasteiger partial charge in [-0.1, -0.05) is 48.5 Å². The topological polar surface area (TPSA) is 87.5 Å². The zero-order chi connectivity index (χ0) is 24.2. The van der Waals surface area contributed by atoms with Crippen LogP contribution in [0.1, 0.15) is 44.1 Å². The van der Waals surface area contributed by atoms with Gasteiger partial charge >= 0.3 is 0 Å². The van der Waals surface area contributed by atoms with E-state index >= 15 is 0 Å². The maximum atomic E-state index is 13.6. The monoisotopic (exact) mass is 471 g/mol. The first-order valence-electron chi connectivity index (χ1n) is 12.1. The second-order valence-corrected chi connectivity index (χ2v) is 8.97. The Morgan fingerprint density at radius 1 is 0.857 bits per heavy atom. The van der Waals surface area contributed by atoms with Crippen LogP contribution in [0.5, 0.6) is 0 Å². The van der Waals surface area contributed by atoms with Crippen molar-refractivity contribution in [3.63, 3.8) is 0 Å². The highest BCUT2D eigenvalue weighted by Crippen LogP contribution is 2.26. The Kier molecular flexibility index (Phi) is 6.61. The first-order chi connectivity index (χ1) is 17.1. The number of amides is 3. The lowest BCUT2D eigenvalue weighted by atomic mass is 10.0. The fourth-order valence-electron chi connectivity index (χ4n) is 4.78. The molecule has 0 aliphatic carbocycles. The number of hydrogen-bond acceptors (Lipinski definition) is 4. The Morgan fingerprint density at radius 2 is 1.57 bits per heavy atom. The number of carbonyl (C=O) groups is 3. The van der Waals surface area contributed by atoms with E-state index in [1.165, 1.54) is 5.56 Å². The normalized spacial score (nSPS) is 15.8. The first kappa shape index (κ1) is 22.8. The average molecular weight is 472 g/mol. The van der Waals surface area contributed by atoms with E-state index in [4.69, 9.17) is 5.10 Å². The summed E-state index contributed by atoms with van der Waals surface area (Å²) in [7, 11) is 0. The molecular formula is C27H29N5O3. The molecule has 5 rings (SSSR count). The van der Waals surface area contributed by atoms with E-state index in [1.807, 2.05) is 53.2 Å². The molecule has 1 N–H and O–H groups in total. The van der Waals surface area contributed by atoms with Crippen LogP contribution in [0.4, 0.5) is 0 Å². The largest absolute Gasteiger partial charge is 0.354 e. The van der Waals surface area contributed by atoms with Crippen molar-refractivity contribution >= 4 is 17.7 Å². The Labute approximate surface area is 204 Å². The average Bonchev–Trinajstić information content (AvgIpc) is 3.12. The summed E-state index contributed by atoms with van der Waals surface area (Å²) in [6.07, 6.45) is 1.72. The molecule has 2 aromatic carbocycles. The maximum absolute atomic E-state index is 13.6. The zero-order valence-corrected chi connectivity index (χ0v) is 19.7. The lowest BCUT2D eigenvalue weighted by Crippen LogP contribution is -2.38. The molecule has 0 unspecified atom stereocenters. The van der Waals surface area contributed by atoms with Crippen molar-refractivity contribution in [2.45, 2.75) is 32.4 Å². The smallest absolute Gasteiger partial charge is 0.274 e. The predicted octanol–water partition coefficient (Wildman–Crippen LogP) is 2.29. The highest BCUT2D eigenvalue weighted by Gasteiger charge is 2.32. The maximum Gasteiger partial charge on any atom is 0.274 e. The third-order valence-electron chi connectivity index (χ3n) is 6.70.